The monoisotopic (exact) mass is 214 g/mol. The highest BCUT2D eigenvalue weighted by Gasteiger charge is 2.32. The Kier molecular flexibility index (Phi) is 4.20. The average Bonchev–Trinajstić information content (AvgIpc) is 2.48. The smallest absolute Gasteiger partial charge is 0.317 e. The van der Waals surface area contributed by atoms with E-state index in [-0.39, 0.29) is 11.8 Å². The molecule has 0 fully saturated rings. The fraction of sp³-hybridized carbons (Fsp3) is 0.600. The second-order valence-electron chi connectivity index (χ2n) is 2.95. The molecule has 1 aliphatic carbocycles. The molecule has 0 amide bonds. The standard InChI is InChI=1S/C10H14O3S/c1-3-13-10(12)8-5-7(14-4-2)6-9(8)11/h6,8H,3-5H2,1-2H3. The van der Waals surface area contributed by atoms with Gasteiger partial charge in [0.1, 0.15) is 5.92 Å². The molecule has 0 aliphatic heterocycles. The van der Waals surface area contributed by atoms with Crippen LogP contribution in [0.3, 0.4) is 0 Å². The van der Waals surface area contributed by atoms with Crippen LogP contribution in [0.2, 0.25) is 0 Å². The number of ketones is 1. The van der Waals surface area contributed by atoms with Crippen molar-refractivity contribution in [3.05, 3.63) is 11.0 Å². The molecule has 0 bridgehead atoms. The number of rotatable bonds is 4. The lowest BCUT2D eigenvalue weighted by atomic mass is 10.1. The van der Waals surface area contributed by atoms with Crippen molar-refractivity contribution in [1.82, 2.24) is 0 Å². The summed E-state index contributed by atoms with van der Waals surface area (Å²) >= 11 is 1.61. The molecule has 3 nitrogen and oxygen atoms in total. The minimum Gasteiger partial charge on any atom is -0.465 e. The van der Waals surface area contributed by atoms with Crippen molar-refractivity contribution < 1.29 is 14.3 Å². The Balaban J connectivity index is 2.54. The van der Waals surface area contributed by atoms with E-state index in [0.717, 1.165) is 10.7 Å². The number of carbonyl (C=O) groups is 2. The maximum atomic E-state index is 11.4. The molecule has 4 heteroatoms. The number of esters is 1. The van der Waals surface area contributed by atoms with Crippen LogP contribution >= 0.6 is 11.8 Å². The molecule has 0 heterocycles. The third-order valence-corrected chi connectivity index (χ3v) is 2.90. The predicted octanol–water partition coefficient (Wildman–Crippen LogP) is 1.78. The van der Waals surface area contributed by atoms with E-state index in [0.29, 0.717) is 13.0 Å². The number of allylic oxidation sites excluding steroid dienone is 2. The highest BCUT2D eigenvalue weighted by Crippen LogP contribution is 2.31. The van der Waals surface area contributed by atoms with Gasteiger partial charge in [0.2, 0.25) is 0 Å². The maximum absolute atomic E-state index is 11.4. The zero-order chi connectivity index (χ0) is 10.6. The number of hydrogen-bond acceptors (Lipinski definition) is 4. The molecule has 1 atom stereocenters. The van der Waals surface area contributed by atoms with Gasteiger partial charge in [-0.3, -0.25) is 9.59 Å². The summed E-state index contributed by atoms with van der Waals surface area (Å²) in [6, 6.07) is 0. The van der Waals surface area contributed by atoms with Gasteiger partial charge in [0.15, 0.2) is 5.78 Å². The molecule has 0 saturated carbocycles. The average molecular weight is 214 g/mol. The van der Waals surface area contributed by atoms with Crippen LogP contribution in [-0.4, -0.2) is 24.1 Å². The largest absolute Gasteiger partial charge is 0.465 e. The van der Waals surface area contributed by atoms with Gasteiger partial charge in [0.25, 0.3) is 0 Å². The first-order chi connectivity index (χ1) is 6.69. The number of hydrogen-bond donors (Lipinski definition) is 0. The van der Waals surface area contributed by atoms with Crippen molar-refractivity contribution in [3.63, 3.8) is 0 Å². The molecule has 0 radical (unpaired) electrons. The highest BCUT2D eigenvalue weighted by atomic mass is 32.2. The molecule has 0 aromatic carbocycles. The normalized spacial score (nSPS) is 20.9. The molecule has 0 saturated heterocycles. The fourth-order valence-corrected chi connectivity index (χ4v) is 2.20. The summed E-state index contributed by atoms with van der Waals surface area (Å²) in [5.41, 5.74) is 0. The van der Waals surface area contributed by atoms with Gasteiger partial charge in [-0.1, -0.05) is 6.92 Å². The molecule has 0 spiro atoms. The van der Waals surface area contributed by atoms with Crippen LogP contribution in [-0.2, 0) is 14.3 Å². The minimum atomic E-state index is -0.580. The molecule has 1 rings (SSSR count). The zero-order valence-electron chi connectivity index (χ0n) is 8.41. The Morgan fingerprint density at radius 3 is 2.93 bits per heavy atom. The van der Waals surface area contributed by atoms with Crippen LogP contribution in [0.1, 0.15) is 20.3 Å². The Morgan fingerprint density at radius 2 is 2.36 bits per heavy atom. The van der Waals surface area contributed by atoms with E-state index >= 15 is 0 Å². The third kappa shape index (κ3) is 2.61. The van der Waals surface area contributed by atoms with Crippen LogP contribution < -0.4 is 0 Å². The van der Waals surface area contributed by atoms with E-state index in [1.165, 1.54) is 0 Å². The summed E-state index contributed by atoms with van der Waals surface area (Å²) in [7, 11) is 0. The van der Waals surface area contributed by atoms with Crippen molar-refractivity contribution >= 4 is 23.5 Å². The zero-order valence-corrected chi connectivity index (χ0v) is 9.23. The van der Waals surface area contributed by atoms with Crippen molar-refractivity contribution in [1.29, 1.82) is 0 Å². The van der Waals surface area contributed by atoms with Gasteiger partial charge in [0.05, 0.1) is 6.61 Å². The van der Waals surface area contributed by atoms with Crippen LogP contribution in [0, 0.1) is 5.92 Å². The van der Waals surface area contributed by atoms with Gasteiger partial charge in [-0.05, 0) is 30.1 Å². The first-order valence-corrected chi connectivity index (χ1v) is 5.71. The number of carbonyl (C=O) groups excluding carboxylic acids is 2. The quantitative estimate of drug-likeness (QED) is 0.528. The van der Waals surface area contributed by atoms with E-state index in [2.05, 4.69) is 0 Å². The minimum absolute atomic E-state index is 0.112. The first-order valence-electron chi connectivity index (χ1n) is 4.72. The summed E-state index contributed by atoms with van der Waals surface area (Å²) < 4.78 is 4.82. The highest BCUT2D eigenvalue weighted by molar-refractivity contribution is 8.03. The predicted molar refractivity (Wildman–Crippen MR) is 56.0 cm³/mol. The van der Waals surface area contributed by atoms with Crippen molar-refractivity contribution in [2.75, 3.05) is 12.4 Å². The molecule has 14 heavy (non-hydrogen) atoms. The molecular formula is C10H14O3S. The van der Waals surface area contributed by atoms with Crippen molar-refractivity contribution in [3.8, 4) is 0 Å². The van der Waals surface area contributed by atoms with Gasteiger partial charge in [0, 0.05) is 0 Å². The first kappa shape index (κ1) is 11.3. The van der Waals surface area contributed by atoms with E-state index in [9.17, 15) is 9.59 Å². The molecule has 0 N–H and O–H groups in total. The van der Waals surface area contributed by atoms with Crippen molar-refractivity contribution in [2.45, 2.75) is 20.3 Å². The van der Waals surface area contributed by atoms with Gasteiger partial charge < -0.3 is 4.74 Å². The van der Waals surface area contributed by atoms with Gasteiger partial charge in [-0.15, -0.1) is 11.8 Å². The summed E-state index contributed by atoms with van der Waals surface area (Å²) in [6.45, 7) is 4.10. The summed E-state index contributed by atoms with van der Waals surface area (Å²) in [5.74, 6) is -0.155. The molecule has 1 aliphatic rings. The van der Waals surface area contributed by atoms with Gasteiger partial charge >= 0.3 is 5.97 Å². The number of ether oxygens (including phenoxy) is 1. The summed E-state index contributed by atoms with van der Waals surface area (Å²) in [6.07, 6.45) is 2.09. The lowest BCUT2D eigenvalue weighted by Crippen LogP contribution is -2.21. The summed E-state index contributed by atoms with van der Waals surface area (Å²) in [4.78, 5) is 23.7. The Hall–Kier alpha value is -0.770. The van der Waals surface area contributed by atoms with Crippen LogP contribution in [0.4, 0.5) is 0 Å². The van der Waals surface area contributed by atoms with E-state index in [4.69, 9.17) is 4.74 Å². The van der Waals surface area contributed by atoms with E-state index in [1.54, 1.807) is 24.8 Å². The molecule has 1 unspecified atom stereocenters. The topological polar surface area (TPSA) is 43.4 Å². The van der Waals surface area contributed by atoms with Crippen molar-refractivity contribution in [2.24, 2.45) is 5.92 Å². The Bertz CT molecular complexity index is 271. The molecule has 0 aromatic heterocycles. The van der Waals surface area contributed by atoms with E-state index < -0.39 is 5.92 Å². The third-order valence-electron chi connectivity index (χ3n) is 1.95. The Labute approximate surface area is 87.9 Å². The summed E-state index contributed by atoms with van der Waals surface area (Å²) in [5, 5.41) is 0. The second-order valence-corrected chi connectivity index (χ2v) is 4.35. The molecular weight excluding hydrogens is 200 g/mol. The van der Waals surface area contributed by atoms with Crippen LogP contribution in [0.5, 0.6) is 0 Å². The van der Waals surface area contributed by atoms with Crippen LogP contribution in [0.15, 0.2) is 11.0 Å². The number of thioether (sulfide) groups is 1. The Morgan fingerprint density at radius 1 is 1.64 bits per heavy atom. The lowest BCUT2D eigenvalue weighted by molar-refractivity contribution is -0.150. The molecule has 78 valence electrons. The van der Waals surface area contributed by atoms with Gasteiger partial charge in [-0.2, -0.15) is 0 Å². The van der Waals surface area contributed by atoms with Crippen LogP contribution in [0.25, 0.3) is 0 Å². The second kappa shape index (κ2) is 5.20. The van der Waals surface area contributed by atoms with E-state index in [1.807, 2.05) is 6.92 Å². The molecule has 0 aromatic rings. The fourth-order valence-electron chi connectivity index (χ4n) is 1.35. The lowest BCUT2D eigenvalue weighted by Gasteiger charge is -2.07. The van der Waals surface area contributed by atoms with Gasteiger partial charge in [-0.25, -0.2) is 0 Å². The SMILES string of the molecule is CCOC(=O)C1CC(SCC)=CC1=O. The maximum Gasteiger partial charge on any atom is 0.317 e.